The van der Waals surface area contributed by atoms with E-state index in [9.17, 15) is 9.90 Å². The van der Waals surface area contributed by atoms with E-state index in [1.807, 2.05) is 6.07 Å². The molecule has 2 heterocycles. The minimum atomic E-state index is -0.675. The Morgan fingerprint density at radius 2 is 1.85 bits per heavy atom. The topological polar surface area (TPSA) is 73.8 Å². The number of ether oxygens (including phenoxy) is 1. The highest BCUT2D eigenvalue weighted by molar-refractivity contribution is 5.96. The van der Waals surface area contributed by atoms with Crippen LogP contribution >= 0.6 is 0 Å². The number of phenolic OH excluding ortho intramolecular Hbond substituents is 1. The van der Waals surface area contributed by atoms with Gasteiger partial charge >= 0.3 is 0 Å². The van der Waals surface area contributed by atoms with Gasteiger partial charge in [-0.3, -0.25) is 4.79 Å². The number of carbonyl (C=O) groups is 1. The van der Waals surface area contributed by atoms with Crippen LogP contribution in [0.15, 0.2) is 30.3 Å². The number of hydrogen-bond acceptors (Lipinski definition) is 5. The first-order valence-electron chi connectivity index (χ1n) is 12.4. The molecule has 3 aliphatic rings. The van der Waals surface area contributed by atoms with Crippen LogP contribution in [0.5, 0.6) is 11.5 Å². The Labute approximate surface area is 201 Å². The Morgan fingerprint density at radius 1 is 1.12 bits per heavy atom. The van der Waals surface area contributed by atoms with Crippen molar-refractivity contribution in [3.63, 3.8) is 0 Å². The lowest BCUT2D eigenvalue weighted by Crippen LogP contribution is -2.41. The van der Waals surface area contributed by atoms with Crippen LogP contribution in [0.2, 0.25) is 0 Å². The monoisotopic (exact) mass is 459 g/mol. The molecule has 2 aromatic carbocycles. The van der Waals surface area contributed by atoms with Crippen molar-refractivity contribution in [2.75, 3.05) is 37.3 Å². The van der Waals surface area contributed by atoms with Gasteiger partial charge in [-0.1, -0.05) is 18.8 Å². The Morgan fingerprint density at radius 3 is 2.59 bits per heavy atom. The molecule has 1 saturated carbocycles. The third-order valence-electron chi connectivity index (χ3n) is 7.60. The van der Waals surface area contributed by atoms with Crippen molar-refractivity contribution in [2.24, 2.45) is 0 Å². The fraction of sp³-hybridized carbons (Fsp3) is 0.464. The molecule has 0 bridgehead atoms. The first kappa shape index (κ1) is 22.6. The molecule has 178 valence electrons. The summed E-state index contributed by atoms with van der Waals surface area (Å²) in [5.74, 6) is 4.06. The van der Waals surface area contributed by atoms with Crippen LogP contribution < -0.4 is 15.4 Å². The maximum atomic E-state index is 13.2. The van der Waals surface area contributed by atoms with E-state index >= 15 is 0 Å². The Bertz CT molecular complexity index is 1110. The number of carbonyl (C=O) groups excluding carboxylic acids is 1. The molecule has 0 radical (unpaired) electrons. The van der Waals surface area contributed by atoms with E-state index in [1.54, 1.807) is 18.2 Å². The molecular weight excluding hydrogens is 426 g/mol. The van der Waals surface area contributed by atoms with Crippen molar-refractivity contribution in [3.8, 4) is 23.8 Å². The van der Waals surface area contributed by atoms with E-state index in [1.165, 1.54) is 12.8 Å². The normalized spacial score (nSPS) is 21.2. The van der Waals surface area contributed by atoms with Crippen molar-refractivity contribution in [1.82, 2.24) is 4.90 Å². The number of nitrogens with one attached hydrogen (secondary N) is 2. The Hall–Kier alpha value is -3.17. The average molecular weight is 460 g/mol. The van der Waals surface area contributed by atoms with Crippen LogP contribution in [0.25, 0.3) is 0 Å². The number of anilines is 2. The quantitative estimate of drug-likeness (QED) is 0.581. The first-order chi connectivity index (χ1) is 16.5. The molecule has 1 atom stereocenters. The largest absolute Gasteiger partial charge is 0.508 e. The third kappa shape index (κ3) is 4.58. The van der Waals surface area contributed by atoms with Crippen molar-refractivity contribution in [3.05, 3.63) is 47.0 Å². The van der Waals surface area contributed by atoms with Crippen molar-refractivity contribution in [2.45, 2.75) is 56.5 Å². The van der Waals surface area contributed by atoms with Crippen molar-refractivity contribution in [1.29, 1.82) is 0 Å². The van der Waals surface area contributed by atoms with E-state index in [-0.39, 0.29) is 11.7 Å². The van der Waals surface area contributed by atoms with Gasteiger partial charge < -0.3 is 25.4 Å². The van der Waals surface area contributed by atoms with Gasteiger partial charge in [0.1, 0.15) is 11.5 Å². The SMILES string of the molecule is C#Cc1ccc2c(c1)NCC(C(=O)Nc1cc(O)c(C3CCCC3)cc1C1CCN(C)CC1)O2. The number of fused-ring (bicyclic) bond motifs is 1. The van der Waals surface area contributed by atoms with Crippen LogP contribution in [0.3, 0.4) is 0 Å². The van der Waals surface area contributed by atoms with Gasteiger partial charge in [-0.2, -0.15) is 0 Å². The number of benzene rings is 2. The van der Waals surface area contributed by atoms with Gasteiger partial charge in [0.05, 0.1) is 12.2 Å². The molecule has 5 rings (SSSR count). The van der Waals surface area contributed by atoms with E-state index in [4.69, 9.17) is 11.2 Å². The number of piperidine rings is 1. The number of nitrogens with zero attached hydrogens (tertiary/aromatic N) is 1. The van der Waals surface area contributed by atoms with E-state index in [2.05, 4.69) is 34.6 Å². The maximum Gasteiger partial charge on any atom is 0.267 e. The van der Waals surface area contributed by atoms with Crippen molar-refractivity contribution >= 4 is 17.3 Å². The summed E-state index contributed by atoms with van der Waals surface area (Å²) in [5, 5.41) is 17.2. The molecule has 1 saturated heterocycles. The highest BCUT2D eigenvalue weighted by Gasteiger charge is 2.30. The van der Waals surface area contributed by atoms with E-state index in [0.717, 1.165) is 61.2 Å². The van der Waals surface area contributed by atoms with Gasteiger partial charge in [0.25, 0.3) is 5.91 Å². The second-order valence-electron chi connectivity index (χ2n) is 9.89. The van der Waals surface area contributed by atoms with Crippen LogP contribution in [0, 0.1) is 12.3 Å². The van der Waals surface area contributed by atoms with Gasteiger partial charge in [0, 0.05) is 17.3 Å². The second-order valence-corrected chi connectivity index (χ2v) is 9.89. The number of phenols is 1. The molecule has 2 aromatic rings. The second kappa shape index (κ2) is 9.60. The van der Waals surface area contributed by atoms with Gasteiger partial charge in [-0.15, -0.1) is 6.42 Å². The summed E-state index contributed by atoms with van der Waals surface area (Å²) in [6.45, 7) is 2.41. The molecule has 1 amide bonds. The van der Waals surface area contributed by atoms with Crippen molar-refractivity contribution < 1.29 is 14.6 Å². The molecule has 1 aliphatic carbocycles. The maximum absolute atomic E-state index is 13.2. The predicted molar refractivity (Wildman–Crippen MR) is 135 cm³/mol. The summed E-state index contributed by atoms with van der Waals surface area (Å²) in [4.78, 5) is 15.6. The summed E-state index contributed by atoms with van der Waals surface area (Å²) in [7, 11) is 2.15. The zero-order chi connectivity index (χ0) is 23.7. The zero-order valence-electron chi connectivity index (χ0n) is 19.8. The molecule has 0 aromatic heterocycles. The van der Waals surface area contributed by atoms with Crippen LogP contribution in [-0.4, -0.2) is 48.7 Å². The fourth-order valence-electron chi connectivity index (χ4n) is 5.57. The standard InChI is InChI=1S/C28H33N3O3/c1-3-18-8-9-26-24(14-18)29-17-27(34-26)28(33)30-23-16-25(32)22(19-6-4-5-7-19)15-21(23)20-10-12-31(2)13-11-20/h1,8-9,14-16,19-20,27,29,32H,4-7,10-13,17H2,2H3,(H,30,33). The highest BCUT2D eigenvalue weighted by Crippen LogP contribution is 2.43. The molecule has 3 N–H and O–H groups in total. The molecule has 6 nitrogen and oxygen atoms in total. The summed E-state index contributed by atoms with van der Waals surface area (Å²) < 4.78 is 5.99. The lowest BCUT2D eigenvalue weighted by Gasteiger charge is -2.32. The van der Waals surface area contributed by atoms with Gasteiger partial charge in [0.15, 0.2) is 6.10 Å². The number of likely N-dealkylation sites (tertiary alicyclic amines) is 1. The number of terminal acetylenes is 1. The third-order valence-corrected chi connectivity index (χ3v) is 7.60. The summed E-state index contributed by atoms with van der Waals surface area (Å²) in [6, 6.07) is 9.39. The molecule has 1 unspecified atom stereocenters. The van der Waals surface area contributed by atoms with Crippen LogP contribution in [0.1, 0.15) is 67.1 Å². The lowest BCUT2D eigenvalue weighted by molar-refractivity contribution is -0.122. The lowest BCUT2D eigenvalue weighted by atomic mass is 9.85. The van der Waals surface area contributed by atoms with E-state index in [0.29, 0.717) is 29.8 Å². The molecular formula is C28H33N3O3. The number of hydrogen-bond donors (Lipinski definition) is 3. The summed E-state index contributed by atoms with van der Waals surface area (Å²) >= 11 is 0. The highest BCUT2D eigenvalue weighted by atomic mass is 16.5. The van der Waals surface area contributed by atoms with Gasteiger partial charge in [-0.25, -0.2) is 0 Å². The summed E-state index contributed by atoms with van der Waals surface area (Å²) in [5.41, 5.74) is 4.45. The average Bonchev–Trinajstić information content (AvgIpc) is 3.39. The predicted octanol–water partition coefficient (Wildman–Crippen LogP) is 4.65. The fourth-order valence-corrected chi connectivity index (χ4v) is 5.57. The Kier molecular flexibility index (Phi) is 6.38. The minimum Gasteiger partial charge on any atom is -0.508 e. The minimum absolute atomic E-state index is 0.221. The van der Waals surface area contributed by atoms with Crippen LogP contribution in [0.4, 0.5) is 11.4 Å². The number of amides is 1. The van der Waals surface area contributed by atoms with Gasteiger partial charge in [-0.05, 0) is 93.0 Å². The Balaban J connectivity index is 1.39. The smallest absolute Gasteiger partial charge is 0.267 e. The molecule has 6 heteroatoms. The molecule has 2 fully saturated rings. The first-order valence-corrected chi connectivity index (χ1v) is 12.4. The summed E-state index contributed by atoms with van der Waals surface area (Å²) in [6.07, 6.45) is 11.6. The zero-order valence-corrected chi connectivity index (χ0v) is 19.8. The van der Waals surface area contributed by atoms with Gasteiger partial charge in [0.2, 0.25) is 0 Å². The molecule has 34 heavy (non-hydrogen) atoms. The number of rotatable bonds is 4. The molecule has 0 spiro atoms. The van der Waals surface area contributed by atoms with Crippen LogP contribution in [-0.2, 0) is 4.79 Å². The van der Waals surface area contributed by atoms with E-state index < -0.39 is 6.10 Å². The number of aromatic hydroxyl groups is 1. The molecule has 2 aliphatic heterocycles.